The largest absolute Gasteiger partial charge is 0.349 e. The van der Waals surface area contributed by atoms with Crippen molar-refractivity contribution in [2.24, 2.45) is 0 Å². The number of nitrogens with zero attached hydrogens (tertiary/aromatic N) is 4. The maximum Gasteiger partial charge on any atom is 0.269 e. The van der Waals surface area contributed by atoms with Crippen molar-refractivity contribution < 1.29 is 4.79 Å². The molecule has 0 aliphatic rings. The lowest BCUT2D eigenvalue weighted by atomic mass is 10.2. The van der Waals surface area contributed by atoms with E-state index in [1.807, 2.05) is 35.9 Å². The summed E-state index contributed by atoms with van der Waals surface area (Å²) < 4.78 is 1.98. The molecule has 0 atom stereocenters. The molecule has 7 heteroatoms. The molecule has 0 aliphatic heterocycles. The van der Waals surface area contributed by atoms with Crippen LogP contribution in [0.3, 0.4) is 0 Å². The Balaban J connectivity index is 1.59. The van der Waals surface area contributed by atoms with Gasteiger partial charge in [0.1, 0.15) is 17.2 Å². The molecule has 0 radical (unpaired) electrons. The van der Waals surface area contributed by atoms with Crippen molar-refractivity contribution in [3.05, 3.63) is 54.4 Å². The molecule has 2 N–H and O–H groups in total. The summed E-state index contributed by atoms with van der Waals surface area (Å²) >= 11 is 0. The van der Waals surface area contributed by atoms with Crippen LogP contribution in [0.4, 0.5) is 0 Å². The van der Waals surface area contributed by atoms with Crippen molar-refractivity contribution in [2.45, 2.75) is 13.5 Å². The van der Waals surface area contributed by atoms with Gasteiger partial charge in [0.25, 0.3) is 5.91 Å². The van der Waals surface area contributed by atoms with Crippen molar-refractivity contribution >= 4 is 5.91 Å². The Labute approximate surface area is 127 Å². The van der Waals surface area contributed by atoms with Gasteiger partial charge in [-0.05, 0) is 25.1 Å². The molecule has 0 bridgehead atoms. The van der Waals surface area contributed by atoms with E-state index in [1.54, 1.807) is 18.5 Å². The summed E-state index contributed by atoms with van der Waals surface area (Å²) in [7, 11) is 0. The number of carbonyl (C=O) groups is 1. The molecule has 0 saturated carbocycles. The number of aryl methyl sites for hydroxylation is 1. The van der Waals surface area contributed by atoms with Crippen molar-refractivity contribution in [1.82, 2.24) is 30.0 Å². The van der Waals surface area contributed by atoms with Crippen molar-refractivity contribution in [2.75, 3.05) is 6.54 Å². The third-order valence-electron chi connectivity index (χ3n) is 3.31. The fraction of sp³-hybridized carbons (Fsp3) is 0.200. The molecule has 0 aliphatic carbocycles. The van der Waals surface area contributed by atoms with Crippen LogP contribution in [0.2, 0.25) is 0 Å². The highest BCUT2D eigenvalue weighted by molar-refractivity contribution is 5.93. The first kappa shape index (κ1) is 14.0. The maximum absolute atomic E-state index is 12.1. The molecule has 0 unspecified atom stereocenters. The average Bonchev–Trinajstić information content (AvgIpc) is 3.18. The standard InChI is InChI=1S/C15H16N6O/c1-11-16-6-8-21(11)9-7-18-15(22)14-10-13(19-20-14)12-4-2-3-5-17-12/h2-6,8,10H,7,9H2,1H3,(H,18,22)(H,19,20). The Morgan fingerprint density at radius 2 is 2.18 bits per heavy atom. The van der Waals surface area contributed by atoms with Crippen LogP contribution in [-0.4, -0.2) is 37.2 Å². The predicted octanol–water partition coefficient (Wildman–Crippen LogP) is 1.41. The molecule has 3 rings (SSSR count). The number of hydrogen-bond donors (Lipinski definition) is 2. The number of nitrogens with one attached hydrogen (secondary N) is 2. The highest BCUT2D eigenvalue weighted by Gasteiger charge is 2.11. The van der Waals surface area contributed by atoms with Crippen LogP contribution in [-0.2, 0) is 6.54 Å². The van der Waals surface area contributed by atoms with Gasteiger partial charge in [-0.25, -0.2) is 4.98 Å². The minimum atomic E-state index is -0.188. The molecule has 0 fully saturated rings. The third kappa shape index (κ3) is 3.03. The lowest BCUT2D eigenvalue weighted by molar-refractivity contribution is 0.0947. The first-order valence-corrected chi connectivity index (χ1v) is 6.97. The van der Waals surface area contributed by atoms with Crippen LogP contribution in [0.1, 0.15) is 16.3 Å². The smallest absolute Gasteiger partial charge is 0.269 e. The van der Waals surface area contributed by atoms with Gasteiger partial charge in [0, 0.05) is 31.7 Å². The Morgan fingerprint density at radius 3 is 2.91 bits per heavy atom. The van der Waals surface area contributed by atoms with E-state index in [2.05, 4.69) is 25.5 Å². The van der Waals surface area contributed by atoms with E-state index in [9.17, 15) is 4.79 Å². The number of carbonyl (C=O) groups excluding carboxylic acids is 1. The highest BCUT2D eigenvalue weighted by Crippen LogP contribution is 2.13. The Hall–Kier alpha value is -2.96. The number of aromatic amines is 1. The van der Waals surface area contributed by atoms with Crippen LogP contribution < -0.4 is 5.32 Å². The summed E-state index contributed by atoms with van der Waals surface area (Å²) in [5, 5.41) is 9.70. The Kier molecular flexibility index (Phi) is 3.95. The first-order valence-electron chi connectivity index (χ1n) is 6.97. The van der Waals surface area contributed by atoms with E-state index in [0.29, 0.717) is 24.5 Å². The zero-order valence-corrected chi connectivity index (χ0v) is 12.2. The van der Waals surface area contributed by atoms with E-state index in [-0.39, 0.29) is 5.91 Å². The normalized spacial score (nSPS) is 10.6. The van der Waals surface area contributed by atoms with Gasteiger partial charge in [0.2, 0.25) is 0 Å². The quantitative estimate of drug-likeness (QED) is 0.745. The van der Waals surface area contributed by atoms with E-state index in [0.717, 1.165) is 11.5 Å². The minimum Gasteiger partial charge on any atom is -0.349 e. The van der Waals surface area contributed by atoms with Crippen molar-refractivity contribution in [3.8, 4) is 11.4 Å². The Morgan fingerprint density at radius 1 is 1.27 bits per heavy atom. The number of imidazole rings is 1. The minimum absolute atomic E-state index is 0.188. The summed E-state index contributed by atoms with van der Waals surface area (Å²) in [6, 6.07) is 7.26. The summed E-state index contributed by atoms with van der Waals surface area (Å²) in [6.45, 7) is 3.13. The second kappa shape index (κ2) is 6.21. The van der Waals surface area contributed by atoms with Crippen molar-refractivity contribution in [1.29, 1.82) is 0 Å². The number of H-pyrrole nitrogens is 1. The molecule has 7 nitrogen and oxygen atoms in total. The fourth-order valence-electron chi connectivity index (χ4n) is 2.11. The Bertz CT molecular complexity index is 761. The van der Waals surface area contributed by atoms with E-state index >= 15 is 0 Å². The summed E-state index contributed by atoms with van der Waals surface area (Å²) in [5.41, 5.74) is 1.80. The van der Waals surface area contributed by atoms with Gasteiger partial charge in [-0.15, -0.1) is 0 Å². The van der Waals surface area contributed by atoms with Gasteiger partial charge >= 0.3 is 0 Å². The molecule has 112 valence electrons. The lowest BCUT2D eigenvalue weighted by Crippen LogP contribution is -2.27. The van der Waals surface area contributed by atoms with Crippen LogP contribution in [0, 0.1) is 6.92 Å². The number of amides is 1. The molecule has 0 saturated heterocycles. The SMILES string of the molecule is Cc1nccn1CCNC(=O)c1cc(-c2ccccn2)n[nH]1. The number of rotatable bonds is 5. The zero-order valence-electron chi connectivity index (χ0n) is 12.2. The van der Waals surface area contributed by atoms with E-state index < -0.39 is 0 Å². The van der Waals surface area contributed by atoms with Gasteiger partial charge in [0.05, 0.1) is 5.69 Å². The second-order valence-electron chi connectivity index (χ2n) is 4.81. The molecular weight excluding hydrogens is 280 g/mol. The third-order valence-corrected chi connectivity index (χ3v) is 3.31. The van der Waals surface area contributed by atoms with Gasteiger partial charge < -0.3 is 9.88 Å². The monoisotopic (exact) mass is 296 g/mol. The van der Waals surface area contributed by atoms with Crippen LogP contribution >= 0.6 is 0 Å². The predicted molar refractivity (Wildman–Crippen MR) is 81.1 cm³/mol. The molecule has 0 spiro atoms. The fourth-order valence-corrected chi connectivity index (χ4v) is 2.11. The topological polar surface area (TPSA) is 88.5 Å². The second-order valence-corrected chi connectivity index (χ2v) is 4.81. The maximum atomic E-state index is 12.1. The number of pyridine rings is 1. The van der Waals surface area contributed by atoms with Gasteiger partial charge in [0.15, 0.2) is 0 Å². The molecular formula is C15H16N6O. The first-order chi connectivity index (χ1) is 10.7. The lowest BCUT2D eigenvalue weighted by Gasteiger charge is -2.06. The van der Waals surface area contributed by atoms with Crippen LogP contribution in [0.25, 0.3) is 11.4 Å². The van der Waals surface area contributed by atoms with Crippen LogP contribution in [0.15, 0.2) is 42.9 Å². The van der Waals surface area contributed by atoms with Gasteiger partial charge in [-0.3, -0.25) is 14.9 Å². The molecule has 3 aromatic heterocycles. The summed E-state index contributed by atoms with van der Waals surface area (Å²) in [4.78, 5) is 20.4. The van der Waals surface area contributed by atoms with E-state index in [4.69, 9.17) is 0 Å². The highest BCUT2D eigenvalue weighted by atomic mass is 16.1. The summed E-state index contributed by atoms with van der Waals surface area (Å²) in [6.07, 6.45) is 5.32. The molecule has 3 heterocycles. The molecule has 0 aromatic carbocycles. The number of hydrogen-bond acceptors (Lipinski definition) is 4. The number of aromatic nitrogens is 5. The summed E-state index contributed by atoms with van der Waals surface area (Å²) in [5.74, 6) is 0.737. The van der Waals surface area contributed by atoms with Crippen LogP contribution in [0.5, 0.6) is 0 Å². The molecule has 22 heavy (non-hydrogen) atoms. The zero-order chi connectivity index (χ0) is 15.4. The van der Waals surface area contributed by atoms with E-state index in [1.165, 1.54) is 0 Å². The van der Waals surface area contributed by atoms with Crippen molar-refractivity contribution in [3.63, 3.8) is 0 Å². The molecule has 3 aromatic rings. The molecule has 1 amide bonds. The average molecular weight is 296 g/mol. The van der Waals surface area contributed by atoms with Gasteiger partial charge in [-0.2, -0.15) is 5.10 Å². The van der Waals surface area contributed by atoms with Gasteiger partial charge in [-0.1, -0.05) is 6.07 Å².